The van der Waals surface area contributed by atoms with Crippen LogP contribution in [0.2, 0.25) is 0 Å². The number of halogens is 1. The molecule has 19 heavy (non-hydrogen) atoms. The van der Waals surface area contributed by atoms with Gasteiger partial charge in [-0.25, -0.2) is 0 Å². The molecule has 0 heterocycles. The molecule has 1 nitrogen and oxygen atoms in total. The van der Waals surface area contributed by atoms with E-state index in [-0.39, 0.29) is 0 Å². The summed E-state index contributed by atoms with van der Waals surface area (Å²) in [5.41, 5.74) is 1.11. The smallest absolute Gasteiger partial charge is 0.137 e. The first kappa shape index (κ1) is 16.4. The third kappa shape index (κ3) is 8.20. The number of Topliss-reactive ketones (excluding diaryl/α,β-unsaturated/α-hetero) is 1. The highest BCUT2D eigenvalue weighted by Gasteiger charge is 2.04. The van der Waals surface area contributed by atoms with Crippen LogP contribution >= 0.6 is 15.9 Å². The maximum Gasteiger partial charge on any atom is 0.137 e. The SMILES string of the molecule is CCCCCCCCCC(=O)Cc1cccc(Br)c1. The average molecular weight is 325 g/mol. The van der Waals surface area contributed by atoms with Gasteiger partial charge < -0.3 is 0 Å². The Morgan fingerprint density at radius 3 is 2.42 bits per heavy atom. The molecular weight excluding hydrogens is 300 g/mol. The molecule has 0 fully saturated rings. The molecule has 0 aromatic heterocycles. The molecule has 0 N–H and O–H groups in total. The lowest BCUT2D eigenvalue weighted by Crippen LogP contribution is -2.02. The van der Waals surface area contributed by atoms with Gasteiger partial charge in [0, 0.05) is 17.3 Å². The summed E-state index contributed by atoms with van der Waals surface area (Å²) in [6.45, 7) is 2.24. The van der Waals surface area contributed by atoms with Gasteiger partial charge in [-0.05, 0) is 24.1 Å². The van der Waals surface area contributed by atoms with Crippen LogP contribution in [0.5, 0.6) is 0 Å². The van der Waals surface area contributed by atoms with E-state index < -0.39 is 0 Å². The molecule has 0 atom stereocenters. The van der Waals surface area contributed by atoms with Crippen LogP contribution in [0.25, 0.3) is 0 Å². The van der Waals surface area contributed by atoms with Gasteiger partial charge in [0.1, 0.15) is 5.78 Å². The van der Waals surface area contributed by atoms with Crippen molar-refractivity contribution in [1.29, 1.82) is 0 Å². The minimum atomic E-state index is 0.367. The van der Waals surface area contributed by atoms with Crippen LogP contribution in [0, 0.1) is 0 Å². The monoisotopic (exact) mass is 324 g/mol. The van der Waals surface area contributed by atoms with E-state index in [9.17, 15) is 4.79 Å². The largest absolute Gasteiger partial charge is 0.299 e. The number of hydrogen-bond donors (Lipinski definition) is 0. The number of hydrogen-bond acceptors (Lipinski definition) is 1. The van der Waals surface area contributed by atoms with E-state index in [1.165, 1.54) is 38.5 Å². The molecule has 0 saturated carbocycles. The van der Waals surface area contributed by atoms with Gasteiger partial charge in [0.05, 0.1) is 0 Å². The highest BCUT2D eigenvalue weighted by atomic mass is 79.9. The fourth-order valence-electron chi connectivity index (χ4n) is 2.24. The highest BCUT2D eigenvalue weighted by molar-refractivity contribution is 9.10. The summed E-state index contributed by atoms with van der Waals surface area (Å²) in [4.78, 5) is 11.8. The van der Waals surface area contributed by atoms with Crippen LogP contribution in [0.3, 0.4) is 0 Å². The first-order chi connectivity index (χ1) is 9.22. The van der Waals surface area contributed by atoms with Crippen LogP contribution in [-0.2, 0) is 11.2 Å². The molecule has 0 radical (unpaired) electrons. The summed E-state index contributed by atoms with van der Waals surface area (Å²) >= 11 is 3.43. The topological polar surface area (TPSA) is 17.1 Å². The molecule has 0 spiro atoms. The van der Waals surface area contributed by atoms with Crippen molar-refractivity contribution in [1.82, 2.24) is 0 Å². The standard InChI is InChI=1S/C17H25BrO/c1-2-3-4-5-6-7-8-12-17(19)14-15-10-9-11-16(18)13-15/h9-11,13H,2-8,12,14H2,1H3. The number of ketones is 1. The Hall–Kier alpha value is -0.630. The number of carbonyl (C=O) groups excluding carboxylic acids is 1. The Labute approximate surface area is 125 Å². The molecule has 0 aliphatic heterocycles. The summed E-state index contributed by atoms with van der Waals surface area (Å²) in [7, 11) is 0. The first-order valence-electron chi connectivity index (χ1n) is 7.48. The van der Waals surface area contributed by atoms with E-state index in [1.807, 2.05) is 24.3 Å². The Kier molecular flexibility index (Phi) is 8.81. The van der Waals surface area contributed by atoms with Crippen molar-refractivity contribution in [3.63, 3.8) is 0 Å². The van der Waals surface area contributed by atoms with Crippen molar-refractivity contribution in [3.8, 4) is 0 Å². The summed E-state index contributed by atoms with van der Waals surface area (Å²) in [5, 5.41) is 0. The van der Waals surface area contributed by atoms with Crippen molar-refractivity contribution in [2.24, 2.45) is 0 Å². The second kappa shape index (κ2) is 10.2. The highest BCUT2D eigenvalue weighted by Crippen LogP contribution is 2.14. The zero-order valence-corrected chi connectivity index (χ0v) is 13.5. The first-order valence-corrected chi connectivity index (χ1v) is 8.28. The quantitative estimate of drug-likeness (QED) is 0.504. The van der Waals surface area contributed by atoms with E-state index >= 15 is 0 Å². The fraction of sp³-hybridized carbons (Fsp3) is 0.588. The number of unbranched alkanes of at least 4 members (excludes halogenated alkanes) is 6. The zero-order chi connectivity index (χ0) is 13.9. The second-order valence-electron chi connectivity index (χ2n) is 5.22. The number of benzene rings is 1. The second-order valence-corrected chi connectivity index (χ2v) is 6.13. The maximum atomic E-state index is 11.8. The van der Waals surface area contributed by atoms with E-state index in [0.29, 0.717) is 12.2 Å². The van der Waals surface area contributed by atoms with E-state index in [0.717, 1.165) is 22.9 Å². The lowest BCUT2D eigenvalue weighted by molar-refractivity contribution is -0.118. The summed E-state index contributed by atoms with van der Waals surface area (Å²) in [6.07, 6.45) is 10.2. The molecule has 106 valence electrons. The third-order valence-corrected chi connectivity index (χ3v) is 3.84. The lowest BCUT2D eigenvalue weighted by atomic mass is 10.0. The predicted octanol–water partition coefficient (Wildman–Crippen LogP) is 5.70. The average Bonchev–Trinajstić information content (AvgIpc) is 2.37. The van der Waals surface area contributed by atoms with Crippen molar-refractivity contribution in [2.45, 2.75) is 64.7 Å². The molecular formula is C17H25BrO. The van der Waals surface area contributed by atoms with Gasteiger partial charge in [0.25, 0.3) is 0 Å². The van der Waals surface area contributed by atoms with Gasteiger partial charge in [-0.3, -0.25) is 4.79 Å². The molecule has 0 saturated heterocycles. The molecule has 0 aliphatic rings. The van der Waals surface area contributed by atoms with Crippen molar-refractivity contribution in [3.05, 3.63) is 34.3 Å². The molecule has 1 rings (SSSR count). The van der Waals surface area contributed by atoms with Crippen LogP contribution < -0.4 is 0 Å². The van der Waals surface area contributed by atoms with Crippen molar-refractivity contribution >= 4 is 21.7 Å². The predicted molar refractivity (Wildman–Crippen MR) is 85.5 cm³/mol. The number of carbonyl (C=O) groups is 1. The molecule has 0 unspecified atom stereocenters. The molecule has 0 bridgehead atoms. The van der Waals surface area contributed by atoms with Gasteiger partial charge in [0.2, 0.25) is 0 Å². The molecule has 0 aliphatic carbocycles. The van der Waals surface area contributed by atoms with Crippen molar-refractivity contribution in [2.75, 3.05) is 0 Å². The van der Waals surface area contributed by atoms with Gasteiger partial charge in [-0.2, -0.15) is 0 Å². The summed E-state index contributed by atoms with van der Waals surface area (Å²) < 4.78 is 1.05. The van der Waals surface area contributed by atoms with Gasteiger partial charge in [0.15, 0.2) is 0 Å². The molecule has 2 heteroatoms. The van der Waals surface area contributed by atoms with E-state index in [1.54, 1.807) is 0 Å². The normalized spacial score (nSPS) is 10.6. The minimum absolute atomic E-state index is 0.367. The molecule has 1 aromatic carbocycles. The Morgan fingerprint density at radius 1 is 1.05 bits per heavy atom. The van der Waals surface area contributed by atoms with Gasteiger partial charge in [-0.1, -0.05) is 73.5 Å². The molecule has 1 aromatic rings. The van der Waals surface area contributed by atoms with Crippen LogP contribution in [0.1, 0.15) is 63.9 Å². The van der Waals surface area contributed by atoms with E-state index in [4.69, 9.17) is 0 Å². The Balaban J connectivity index is 2.08. The lowest BCUT2D eigenvalue weighted by Gasteiger charge is -2.03. The summed E-state index contributed by atoms with van der Waals surface area (Å²) in [5.74, 6) is 0.367. The van der Waals surface area contributed by atoms with Crippen molar-refractivity contribution < 1.29 is 4.79 Å². The van der Waals surface area contributed by atoms with E-state index in [2.05, 4.69) is 22.9 Å². The Bertz CT molecular complexity index is 373. The number of rotatable bonds is 10. The minimum Gasteiger partial charge on any atom is -0.299 e. The van der Waals surface area contributed by atoms with Crippen LogP contribution in [-0.4, -0.2) is 5.78 Å². The Morgan fingerprint density at radius 2 is 1.74 bits per heavy atom. The van der Waals surface area contributed by atoms with Crippen LogP contribution in [0.15, 0.2) is 28.7 Å². The van der Waals surface area contributed by atoms with Crippen LogP contribution in [0.4, 0.5) is 0 Å². The fourth-order valence-corrected chi connectivity index (χ4v) is 2.69. The molecule has 0 amide bonds. The maximum absolute atomic E-state index is 11.8. The van der Waals surface area contributed by atoms with Gasteiger partial charge in [-0.15, -0.1) is 0 Å². The van der Waals surface area contributed by atoms with Gasteiger partial charge >= 0.3 is 0 Å². The summed E-state index contributed by atoms with van der Waals surface area (Å²) in [6, 6.07) is 8.03. The zero-order valence-electron chi connectivity index (χ0n) is 12.0. The third-order valence-electron chi connectivity index (χ3n) is 3.35.